The first-order chi connectivity index (χ1) is 13.4. The predicted molar refractivity (Wildman–Crippen MR) is 114 cm³/mol. The molecule has 0 aliphatic carbocycles. The zero-order valence-corrected chi connectivity index (χ0v) is 17.5. The summed E-state index contributed by atoms with van der Waals surface area (Å²) in [7, 11) is -1.97. The number of anilines is 2. The minimum Gasteiger partial charge on any atom is -0.495 e. The molecule has 1 saturated heterocycles. The minimum atomic E-state index is -3.52. The number of morpholine rings is 1. The third kappa shape index (κ3) is 4.92. The second-order valence-electron chi connectivity index (χ2n) is 5.96. The fraction of sp³-hybridized carbons (Fsp3) is 0.278. The Morgan fingerprint density at radius 2 is 1.82 bits per heavy atom. The third-order valence-corrected chi connectivity index (χ3v) is 6.48. The molecule has 1 aliphatic heterocycles. The van der Waals surface area contributed by atoms with Crippen LogP contribution in [-0.2, 0) is 14.8 Å². The van der Waals surface area contributed by atoms with E-state index < -0.39 is 10.0 Å². The highest BCUT2D eigenvalue weighted by molar-refractivity contribution is 7.89. The number of benzene rings is 2. The summed E-state index contributed by atoms with van der Waals surface area (Å²) in [6.07, 6.45) is 0. The zero-order chi connectivity index (χ0) is 20.1. The summed E-state index contributed by atoms with van der Waals surface area (Å²) in [6, 6.07) is 11.6. The lowest BCUT2D eigenvalue weighted by atomic mass is 10.3. The largest absolute Gasteiger partial charge is 0.495 e. The molecule has 1 heterocycles. The van der Waals surface area contributed by atoms with Crippen LogP contribution >= 0.6 is 23.8 Å². The molecule has 0 saturated carbocycles. The van der Waals surface area contributed by atoms with Gasteiger partial charge in [-0.25, -0.2) is 8.42 Å². The minimum absolute atomic E-state index is 0.232. The van der Waals surface area contributed by atoms with Gasteiger partial charge < -0.3 is 20.1 Å². The Hall–Kier alpha value is -1.91. The summed E-state index contributed by atoms with van der Waals surface area (Å²) in [5.41, 5.74) is 1.28. The van der Waals surface area contributed by atoms with Crippen molar-refractivity contribution in [3.8, 4) is 5.75 Å². The van der Waals surface area contributed by atoms with Crippen molar-refractivity contribution in [2.75, 3.05) is 44.0 Å². The van der Waals surface area contributed by atoms with Crippen LogP contribution in [0.3, 0.4) is 0 Å². The highest BCUT2D eigenvalue weighted by Gasteiger charge is 2.26. The van der Waals surface area contributed by atoms with Crippen molar-refractivity contribution < 1.29 is 17.9 Å². The zero-order valence-electron chi connectivity index (χ0n) is 15.1. The highest BCUT2D eigenvalue weighted by Crippen LogP contribution is 2.28. The Labute approximate surface area is 174 Å². The smallest absolute Gasteiger partial charge is 0.243 e. The van der Waals surface area contributed by atoms with Gasteiger partial charge in [-0.2, -0.15) is 4.31 Å². The number of nitrogens with zero attached hydrogens (tertiary/aromatic N) is 1. The molecule has 0 aromatic heterocycles. The van der Waals surface area contributed by atoms with Gasteiger partial charge in [-0.1, -0.05) is 11.6 Å². The van der Waals surface area contributed by atoms with E-state index in [0.717, 1.165) is 0 Å². The average molecular weight is 442 g/mol. The summed E-state index contributed by atoms with van der Waals surface area (Å²) in [5.74, 6) is 0.598. The third-order valence-electron chi connectivity index (χ3n) is 4.13. The molecule has 2 N–H and O–H groups in total. The second-order valence-corrected chi connectivity index (χ2v) is 8.75. The van der Waals surface area contributed by atoms with Gasteiger partial charge in [-0.15, -0.1) is 0 Å². The van der Waals surface area contributed by atoms with Gasteiger partial charge in [0.15, 0.2) is 5.11 Å². The van der Waals surface area contributed by atoms with Crippen molar-refractivity contribution in [2.24, 2.45) is 0 Å². The standard InChI is InChI=1S/C18H20ClN3O4S2/c1-25-17-7-2-13(19)12-16(17)21-18(27)20-14-3-5-15(6-4-14)28(23,24)22-8-10-26-11-9-22/h2-7,12H,8-11H2,1H3,(H2,20,21,27). The quantitative estimate of drug-likeness (QED) is 0.690. The number of halogens is 1. The first-order valence-corrected chi connectivity index (χ1v) is 10.7. The monoisotopic (exact) mass is 441 g/mol. The van der Waals surface area contributed by atoms with Gasteiger partial charge in [0.2, 0.25) is 10.0 Å². The van der Waals surface area contributed by atoms with E-state index in [1.54, 1.807) is 49.6 Å². The van der Waals surface area contributed by atoms with E-state index in [1.165, 1.54) is 4.31 Å². The molecule has 2 aromatic carbocycles. The van der Waals surface area contributed by atoms with Crippen molar-refractivity contribution in [1.29, 1.82) is 0 Å². The van der Waals surface area contributed by atoms with Crippen LogP contribution in [0, 0.1) is 0 Å². The lowest BCUT2D eigenvalue weighted by Crippen LogP contribution is -2.40. The fourth-order valence-electron chi connectivity index (χ4n) is 2.71. The molecule has 28 heavy (non-hydrogen) atoms. The van der Waals surface area contributed by atoms with E-state index in [-0.39, 0.29) is 4.90 Å². The van der Waals surface area contributed by atoms with Gasteiger partial charge in [-0.05, 0) is 54.7 Å². The molecule has 150 valence electrons. The fourth-order valence-corrected chi connectivity index (χ4v) is 4.52. The number of thiocarbonyl (C=S) groups is 1. The van der Waals surface area contributed by atoms with Crippen LogP contribution in [0.1, 0.15) is 0 Å². The van der Waals surface area contributed by atoms with E-state index in [4.69, 9.17) is 33.3 Å². The maximum Gasteiger partial charge on any atom is 0.243 e. The lowest BCUT2D eigenvalue weighted by Gasteiger charge is -2.26. The van der Waals surface area contributed by atoms with E-state index in [1.807, 2.05) is 0 Å². The normalized spacial score (nSPS) is 15.1. The van der Waals surface area contributed by atoms with E-state index in [0.29, 0.717) is 53.6 Å². The Kier molecular flexibility index (Phi) is 6.73. The van der Waals surface area contributed by atoms with E-state index in [9.17, 15) is 8.42 Å². The number of hydrogen-bond acceptors (Lipinski definition) is 5. The summed E-state index contributed by atoms with van der Waals surface area (Å²) >= 11 is 11.3. The first-order valence-electron chi connectivity index (χ1n) is 8.49. The topological polar surface area (TPSA) is 79.9 Å². The molecular weight excluding hydrogens is 422 g/mol. The lowest BCUT2D eigenvalue weighted by molar-refractivity contribution is 0.0730. The number of ether oxygens (including phenoxy) is 2. The predicted octanol–water partition coefficient (Wildman–Crippen LogP) is 3.18. The van der Waals surface area contributed by atoms with Gasteiger partial charge >= 0.3 is 0 Å². The average Bonchev–Trinajstić information content (AvgIpc) is 2.69. The van der Waals surface area contributed by atoms with Crippen molar-refractivity contribution in [3.63, 3.8) is 0 Å². The molecule has 1 aliphatic rings. The van der Waals surface area contributed by atoms with Gasteiger partial charge in [0.1, 0.15) is 5.75 Å². The van der Waals surface area contributed by atoms with Crippen LogP contribution < -0.4 is 15.4 Å². The van der Waals surface area contributed by atoms with Crippen molar-refractivity contribution in [1.82, 2.24) is 4.31 Å². The van der Waals surface area contributed by atoms with Crippen molar-refractivity contribution >= 4 is 50.3 Å². The number of methoxy groups -OCH3 is 1. The molecule has 0 unspecified atom stereocenters. The van der Waals surface area contributed by atoms with Crippen molar-refractivity contribution in [3.05, 3.63) is 47.5 Å². The summed E-state index contributed by atoms with van der Waals surface area (Å²) < 4.78 is 37.2. The Morgan fingerprint density at radius 1 is 1.14 bits per heavy atom. The Morgan fingerprint density at radius 3 is 2.46 bits per heavy atom. The second kappa shape index (κ2) is 9.06. The number of rotatable bonds is 5. The first kappa shape index (κ1) is 20.8. The molecule has 3 rings (SSSR count). The maximum atomic E-state index is 12.6. The van der Waals surface area contributed by atoms with Crippen LogP contribution in [-0.4, -0.2) is 51.2 Å². The molecule has 0 radical (unpaired) electrons. The van der Waals surface area contributed by atoms with Gasteiger partial charge in [0, 0.05) is 23.8 Å². The van der Waals surface area contributed by atoms with Crippen LogP contribution in [0.5, 0.6) is 5.75 Å². The van der Waals surface area contributed by atoms with Crippen LogP contribution in [0.2, 0.25) is 5.02 Å². The molecule has 0 atom stereocenters. The highest BCUT2D eigenvalue weighted by atomic mass is 35.5. The summed E-state index contributed by atoms with van der Waals surface area (Å²) in [6.45, 7) is 1.53. The van der Waals surface area contributed by atoms with Gasteiger partial charge in [0.25, 0.3) is 0 Å². The number of hydrogen-bond donors (Lipinski definition) is 2. The molecular formula is C18H20ClN3O4S2. The SMILES string of the molecule is COc1ccc(Cl)cc1NC(=S)Nc1ccc(S(=O)(=O)N2CCOCC2)cc1. The van der Waals surface area contributed by atoms with Crippen LogP contribution in [0.15, 0.2) is 47.4 Å². The summed E-state index contributed by atoms with van der Waals surface area (Å²) in [4.78, 5) is 0.232. The molecule has 0 bridgehead atoms. The number of nitrogens with one attached hydrogen (secondary N) is 2. The van der Waals surface area contributed by atoms with Crippen molar-refractivity contribution in [2.45, 2.75) is 4.90 Å². The van der Waals surface area contributed by atoms with Crippen LogP contribution in [0.25, 0.3) is 0 Å². The maximum absolute atomic E-state index is 12.6. The molecule has 7 nitrogen and oxygen atoms in total. The van der Waals surface area contributed by atoms with E-state index >= 15 is 0 Å². The molecule has 10 heteroatoms. The molecule has 0 spiro atoms. The molecule has 2 aromatic rings. The molecule has 0 amide bonds. The Balaban J connectivity index is 1.67. The van der Waals surface area contributed by atoms with Gasteiger partial charge in [0.05, 0.1) is 30.9 Å². The number of sulfonamides is 1. The summed E-state index contributed by atoms with van der Waals surface area (Å²) in [5, 5.41) is 6.90. The Bertz CT molecular complexity index is 946. The molecule has 1 fully saturated rings. The van der Waals surface area contributed by atoms with Crippen LogP contribution in [0.4, 0.5) is 11.4 Å². The van der Waals surface area contributed by atoms with Gasteiger partial charge in [-0.3, -0.25) is 0 Å². The van der Waals surface area contributed by atoms with E-state index in [2.05, 4.69) is 10.6 Å².